The number of aryl methyl sites for hydroxylation is 1. The molecule has 124 valence electrons. The predicted octanol–water partition coefficient (Wildman–Crippen LogP) is 2.00. The quantitative estimate of drug-likeness (QED) is 0.780. The van der Waals surface area contributed by atoms with Gasteiger partial charge in [-0.15, -0.1) is 0 Å². The van der Waals surface area contributed by atoms with Crippen molar-refractivity contribution in [3.05, 3.63) is 60.3 Å². The minimum absolute atomic E-state index is 0.0664. The van der Waals surface area contributed by atoms with Crippen LogP contribution in [0.15, 0.2) is 49.1 Å². The second-order valence-corrected chi connectivity index (χ2v) is 5.99. The molecular formula is C18H21N5O. The first-order valence-corrected chi connectivity index (χ1v) is 7.82. The average molecular weight is 323 g/mol. The van der Waals surface area contributed by atoms with Crippen molar-refractivity contribution in [3.8, 4) is 0 Å². The number of hydrogen-bond donors (Lipinski definition) is 1. The standard InChI is InChI=1S/C18H21N5O/c1-22(2)17(11-21-18(24)15-10-19-8-9-20-15)14-12-23(3)16-7-5-4-6-13(14)16/h4-10,12,17H,11H2,1-3H3,(H,21,24). The third-order valence-corrected chi connectivity index (χ3v) is 4.16. The van der Waals surface area contributed by atoms with E-state index in [1.807, 2.05) is 33.3 Å². The number of carbonyl (C=O) groups excluding carboxylic acids is 1. The Balaban J connectivity index is 1.84. The molecule has 0 spiro atoms. The van der Waals surface area contributed by atoms with Crippen LogP contribution in [-0.4, -0.2) is 46.0 Å². The smallest absolute Gasteiger partial charge is 0.271 e. The van der Waals surface area contributed by atoms with Gasteiger partial charge in [-0.25, -0.2) is 4.98 Å². The normalized spacial score (nSPS) is 12.5. The van der Waals surface area contributed by atoms with E-state index in [-0.39, 0.29) is 11.9 Å². The van der Waals surface area contributed by atoms with Crippen molar-refractivity contribution in [1.82, 2.24) is 24.8 Å². The maximum absolute atomic E-state index is 12.2. The van der Waals surface area contributed by atoms with Crippen LogP contribution >= 0.6 is 0 Å². The van der Waals surface area contributed by atoms with Crippen molar-refractivity contribution in [1.29, 1.82) is 0 Å². The Morgan fingerprint density at radius 1 is 1.29 bits per heavy atom. The van der Waals surface area contributed by atoms with Crippen LogP contribution in [0.1, 0.15) is 22.1 Å². The lowest BCUT2D eigenvalue weighted by Gasteiger charge is -2.24. The van der Waals surface area contributed by atoms with E-state index in [1.165, 1.54) is 28.9 Å². The number of nitrogens with one attached hydrogen (secondary N) is 1. The number of nitrogens with zero attached hydrogens (tertiary/aromatic N) is 4. The minimum atomic E-state index is -0.213. The zero-order valence-corrected chi connectivity index (χ0v) is 14.1. The molecule has 3 aromatic rings. The molecule has 0 saturated carbocycles. The van der Waals surface area contributed by atoms with Gasteiger partial charge in [-0.2, -0.15) is 0 Å². The topological polar surface area (TPSA) is 63.1 Å². The highest BCUT2D eigenvalue weighted by Crippen LogP contribution is 2.28. The fraction of sp³-hybridized carbons (Fsp3) is 0.278. The maximum Gasteiger partial charge on any atom is 0.271 e. The van der Waals surface area contributed by atoms with Gasteiger partial charge >= 0.3 is 0 Å². The number of hydrogen-bond acceptors (Lipinski definition) is 4. The molecule has 0 radical (unpaired) electrons. The molecule has 0 fully saturated rings. The molecule has 1 unspecified atom stereocenters. The Bertz CT molecular complexity index is 841. The molecule has 0 aliphatic rings. The van der Waals surface area contributed by atoms with E-state index in [1.54, 1.807) is 6.20 Å². The van der Waals surface area contributed by atoms with Crippen LogP contribution in [0.5, 0.6) is 0 Å². The fourth-order valence-electron chi connectivity index (χ4n) is 2.91. The summed E-state index contributed by atoms with van der Waals surface area (Å²) in [7, 11) is 6.07. The zero-order chi connectivity index (χ0) is 17.1. The Kier molecular flexibility index (Phi) is 4.57. The van der Waals surface area contributed by atoms with Gasteiger partial charge < -0.3 is 14.8 Å². The lowest BCUT2D eigenvalue weighted by molar-refractivity contribution is 0.0936. The number of aromatic nitrogens is 3. The largest absolute Gasteiger partial charge is 0.350 e. The summed E-state index contributed by atoms with van der Waals surface area (Å²) in [6.45, 7) is 0.496. The zero-order valence-electron chi connectivity index (χ0n) is 14.1. The number of rotatable bonds is 5. The summed E-state index contributed by atoms with van der Waals surface area (Å²) in [6, 6.07) is 8.36. The van der Waals surface area contributed by atoms with Crippen LogP contribution in [0.25, 0.3) is 10.9 Å². The van der Waals surface area contributed by atoms with Gasteiger partial charge in [0.1, 0.15) is 5.69 Å². The van der Waals surface area contributed by atoms with Crippen molar-refractivity contribution in [3.63, 3.8) is 0 Å². The van der Waals surface area contributed by atoms with E-state index in [9.17, 15) is 4.79 Å². The second kappa shape index (κ2) is 6.80. The van der Waals surface area contributed by atoms with Gasteiger partial charge in [0.05, 0.1) is 12.2 Å². The molecule has 0 saturated heterocycles. The van der Waals surface area contributed by atoms with E-state index in [0.29, 0.717) is 12.2 Å². The summed E-state index contributed by atoms with van der Waals surface area (Å²) < 4.78 is 2.12. The first-order chi connectivity index (χ1) is 11.6. The number of likely N-dealkylation sites (N-methyl/N-ethyl adjacent to an activating group) is 1. The van der Waals surface area contributed by atoms with Gasteiger partial charge in [0.25, 0.3) is 5.91 Å². The van der Waals surface area contributed by atoms with E-state index in [0.717, 1.165) is 0 Å². The van der Waals surface area contributed by atoms with Crippen molar-refractivity contribution in [2.75, 3.05) is 20.6 Å². The summed E-state index contributed by atoms with van der Waals surface area (Å²) >= 11 is 0. The highest BCUT2D eigenvalue weighted by Gasteiger charge is 2.20. The maximum atomic E-state index is 12.2. The van der Waals surface area contributed by atoms with Crippen LogP contribution in [-0.2, 0) is 7.05 Å². The van der Waals surface area contributed by atoms with Crippen LogP contribution in [0, 0.1) is 0 Å². The molecule has 3 rings (SSSR count). The van der Waals surface area contributed by atoms with Crippen LogP contribution in [0.2, 0.25) is 0 Å². The second-order valence-electron chi connectivity index (χ2n) is 5.99. The number of carbonyl (C=O) groups is 1. The molecule has 1 atom stereocenters. The Morgan fingerprint density at radius 3 is 2.79 bits per heavy atom. The van der Waals surface area contributed by atoms with Gasteiger partial charge in [0.2, 0.25) is 0 Å². The Hall–Kier alpha value is -2.73. The molecule has 1 N–H and O–H groups in total. The molecule has 6 heteroatoms. The molecule has 2 heterocycles. The average Bonchev–Trinajstić information content (AvgIpc) is 2.93. The van der Waals surface area contributed by atoms with Crippen molar-refractivity contribution >= 4 is 16.8 Å². The van der Waals surface area contributed by atoms with E-state index >= 15 is 0 Å². The number of benzene rings is 1. The van der Waals surface area contributed by atoms with E-state index in [2.05, 4.69) is 43.1 Å². The summed E-state index contributed by atoms with van der Waals surface area (Å²) in [5.74, 6) is -0.213. The molecule has 0 bridgehead atoms. The lowest BCUT2D eigenvalue weighted by Crippen LogP contribution is -2.34. The van der Waals surface area contributed by atoms with Crippen LogP contribution in [0.3, 0.4) is 0 Å². The molecule has 0 aliphatic heterocycles. The first kappa shape index (κ1) is 16.1. The Labute approximate surface area is 141 Å². The SMILES string of the molecule is CN(C)C(CNC(=O)c1cnccn1)c1cn(C)c2ccccc12. The highest BCUT2D eigenvalue weighted by atomic mass is 16.1. The Morgan fingerprint density at radius 2 is 2.08 bits per heavy atom. The van der Waals surface area contributed by atoms with Crippen molar-refractivity contribution in [2.45, 2.75) is 6.04 Å². The molecular weight excluding hydrogens is 302 g/mol. The van der Waals surface area contributed by atoms with Gasteiger partial charge in [-0.1, -0.05) is 18.2 Å². The van der Waals surface area contributed by atoms with Crippen molar-refractivity contribution < 1.29 is 4.79 Å². The first-order valence-electron chi connectivity index (χ1n) is 7.82. The highest BCUT2D eigenvalue weighted by molar-refractivity contribution is 5.92. The third kappa shape index (κ3) is 3.14. The summed E-state index contributed by atoms with van der Waals surface area (Å²) in [4.78, 5) is 22.3. The van der Waals surface area contributed by atoms with Crippen molar-refractivity contribution in [2.24, 2.45) is 7.05 Å². The number of para-hydroxylation sites is 1. The monoisotopic (exact) mass is 323 g/mol. The minimum Gasteiger partial charge on any atom is -0.350 e. The van der Waals surface area contributed by atoms with E-state index in [4.69, 9.17) is 0 Å². The number of fused-ring (bicyclic) bond motifs is 1. The third-order valence-electron chi connectivity index (χ3n) is 4.16. The summed E-state index contributed by atoms with van der Waals surface area (Å²) in [6.07, 6.45) is 6.67. The molecule has 1 amide bonds. The summed E-state index contributed by atoms with van der Waals surface area (Å²) in [5.41, 5.74) is 2.70. The van der Waals surface area contributed by atoms with Gasteiger partial charge in [0, 0.05) is 43.1 Å². The van der Waals surface area contributed by atoms with Gasteiger partial charge in [-0.3, -0.25) is 9.78 Å². The molecule has 2 aromatic heterocycles. The predicted molar refractivity (Wildman–Crippen MR) is 93.7 cm³/mol. The lowest BCUT2D eigenvalue weighted by atomic mass is 10.0. The molecule has 0 aliphatic carbocycles. The molecule has 1 aromatic carbocycles. The van der Waals surface area contributed by atoms with Gasteiger partial charge in [0.15, 0.2) is 0 Å². The van der Waals surface area contributed by atoms with Gasteiger partial charge in [-0.05, 0) is 25.7 Å². The molecule has 24 heavy (non-hydrogen) atoms. The number of amides is 1. The molecule has 6 nitrogen and oxygen atoms in total. The fourth-order valence-corrected chi connectivity index (χ4v) is 2.91. The van der Waals surface area contributed by atoms with Crippen LogP contribution in [0.4, 0.5) is 0 Å². The van der Waals surface area contributed by atoms with Crippen LogP contribution < -0.4 is 5.32 Å². The summed E-state index contributed by atoms with van der Waals surface area (Å²) in [5, 5.41) is 4.16. The van der Waals surface area contributed by atoms with E-state index < -0.39 is 0 Å².